The maximum atomic E-state index is 11.1. The standard InChI is InChI=1S/C12H21NO3/c13-11(14)7-5-3-1-2-4-6-10-8-9-16-12(10)15/h10H,1-9H2,(H2,13,14)/t10-/m0/s1. The Labute approximate surface area is 96.5 Å². The Morgan fingerprint density at radius 3 is 2.56 bits per heavy atom. The minimum Gasteiger partial charge on any atom is -0.465 e. The number of amides is 1. The van der Waals surface area contributed by atoms with E-state index in [-0.39, 0.29) is 17.8 Å². The second-order valence-electron chi connectivity index (χ2n) is 4.43. The topological polar surface area (TPSA) is 69.4 Å². The lowest BCUT2D eigenvalue weighted by atomic mass is 9.99. The lowest BCUT2D eigenvalue weighted by Gasteiger charge is -2.04. The van der Waals surface area contributed by atoms with Crippen molar-refractivity contribution in [2.75, 3.05) is 6.61 Å². The molecule has 0 saturated carbocycles. The SMILES string of the molecule is NC(=O)CCCCCCC[C@H]1CCOC1=O. The van der Waals surface area contributed by atoms with Gasteiger partial charge in [0.1, 0.15) is 0 Å². The number of primary amides is 1. The van der Waals surface area contributed by atoms with Crippen molar-refractivity contribution in [2.24, 2.45) is 11.7 Å². The van der Waals surface area contributed by atoms with Crippen molar-refractivity contribution in [3.8, 4) is 0 Å². The third kappa shape index (κ3) is 5.14. The molecule has 0 aromatic heterocycles. The van der Waals surface area contributed by atoms with E-state index in [0.29, 0.717) is 13.0 Å². The zero-order valence-electron chi connectivity index (χ0n) is 9.74. The number of cyclic esters (lactones) is 1. The predicted octanol–water partition coefficient (Wildman–Crippen LogP) is 1.77. The second kappa shape index (κ2) is 7.25. The van der Waals surface area contributed by atoms with Crippen LogP contribution >= 0.6 is 0 Å². The van der Waals surface area contributed by atoms with Gasteiger partial charge in [-0.3, -0.25) is 9.59 Å². The monoisotopic (exact) mass is 227 g/mol. The van der Waals surface area contributed by atoms with Gasteiger partial charge < -0.3 is 10.5 Å². The van der Waals surface area contributed by atoms with E-state index in [1.54, 1.807) is 0 Å². The van der Waals surface area contributed by atoms with Crippen LogP contribution in [0.25, 0.3) is 0 Å². The fourth-order valence-corrected chi connectivity index (χ4v) is 2.02. The lowest BCUT2D eigenvalue weighted by molar-refractivity contribution is -0.141. The highest BCUT2D eigenvalue weighted by Crippen LogP contribution is 2.21. The first-order valence-corrected chi connectivity index (χ1v) is 6.15. The van der Waals surface area contributed by atoms with Crippen molar-refractivity contribution in [1.82, 2.24) is 0 Å². The number of hydrogen-bond donors (Lipinski definition) is 1. The Kier molecular flexibility index (Phi) is 5.90. The predicted molar refractivity (Wildman–Crippen MR) is 60.6 cm³/mol. The Balaban J connectivity index is 1.88. The van der Waals surface area contributed by atoms with Crippen LogP contribution < -0.4 is 5.73 Å². The summed E-state index contributed by atoms with van der Waals surface area (Å²) >= 11 is 0. The molecule has 16 heavy (non-hydrogen) atoms. The van der Waals surface area contributed by atoms with Gasteiger partial charge in [-0.15, -0.1) is 0 Å². The maximum Gasteiger partial charge on any atom is 0.309 e. The van der Waals surface area contributed by atoms with Crippen molar-refractivity contribution >= 4 is 11.9 Å². The van der Waals surface area contributed by atoms with Crippen LogP contribution in [0.4, 0.5) is 0 Å². The number of rotatable bonds is 8. The van der Waals surface area contributed by atoms with Crippen LogP contribution in [-0.4, -0.2) is 18.5 Å². The van der Waals surface area contributed by atoms with Gasteiger partial charge in [0.2, 0.25) is 5.91 Å². The number of hydrogen-bond acceptors (Lipinski definition) is 3. The molecular weight excluding hydrogens is 206 g/mol. The highest BCUT2D eigenvalue weighted by molar-refractivity contribution is 5.74. The van der Waals surface area contributed by atoms with Gasteiger partial charge in [0.25, 0.3) is 0 Å². The highest BCUT2D eigenvalue weighted by atomic mass is 16.5. The van der Waals surface area contributed by atoms with Gasteiger partial charge in [-0.1, -0.05) is 25.7 Å². The number of carbonyl (C=O) groups is 2. The number of carbonyl (C=O) groups excluding carboxylic acids is 2. The number of nitrogens with two attached hydrogens (primary N) is 1. The quantitative estimate of drug-likeness (QED) is 0.507. The van der Waals surface area contributed by atoms with Crippen molar-refractivity contribution in [3.05, 3.63) is 0 Å². The highest BCUT2D eigenvalue weighted by Gasteiger charge is 2.25. The average Bonchev–Trinajstić information content (AvgIpc) is 2.62. The third-order valence-corrected chi connectivity index (χ3v) is 3.02. The number of unbranched alkanes of at least 4 members (excludes halogenated alkanes) is 4. The molecule has 92 valence electrons. The summed E-state index contributed by atoms with van der Waals surface area (Å²) in [7, 11) is 0. The third-order valence-electron chi connectivity index (χ3n) is 3.02. The molecule has 2 N–H and O–H groups in total. The Morgan fingerprint density at radius 2 is 1.94 bits per heavy atom. The Morgan fingerprint density at radius 1 is 1.25 bits per heavy atom. The first-order valence-electron chi connectivity index (χ1n) is 6.15. The second-order valence-corrected chi connectivity index (χ2v) is 4.43. The van der Waals surface area contributed by atoms with E-state index in [4.69, 9.17) is 10.5 Å². The van der Waals surface area contributed by atoms with E-state index >= 15 is 0 Å². The fourth-order valence-electron chi connectivity index (χ4n) is 2.02. The van der Waals surface area contributed by atoms with Gasteiger partial charge in [-0.25, -0.2) is 0 Å². The van der Waals surface area contributed by atoms with Gasteiger partial charge in [0, 0.05) is 6.42 Å². The molecule has 1 fully saturated rings. The Bertz CT molecular complexity index is 240. The van der Waals surface area contributed by atoms with E-state index in [9.17, 15) is 9.59 Å². The summed E-state index contributed by atoms with van der Waals surface area (Å²) in [6, 6.07) is 0. The molecule has 1 heterocycles. The fraction of sp³-hybridized carbons (Fsp3) is 0.833. The summed E-state index contributed by atoms with van der Waals surface area (Å²) < 4.78 is 4.90. The zero-order valence-corrected chi connectivity index (χ0v) is 9.74. The molecule has 0 radical (unpaired) electrons. The summed E-state index contributed by atoms with van der Waals surface area (Å²) in [6.07, 6.45) is 7.61. The summed E-state index contributed by atoms with van der Waals surface area (Å²) in [5.41, 5.74) is 5.04. The van der Waals surface area contributed by atoms with Crippen molar-refractivity contribution < 1.29 is 14.3 Å². The van der Waals surface area contributed by atoms with Gasteiger partial charge >= 0.3 is 5.97 Å². The largest absolute Gasteiger partial charge is 0.465 e. The molecule has 0 aromatic carbocycles. The molecule has 0 bridgehead atoms. The smallest absolute Gasteiger partial charge is 0.309 e. The van der Waals surface area contributed by atoms with E-state index in [1.807, 2.05) is 0 Å². The van der Waals surface area contributed by atoms with Gasteiger partial charge in [-0.05, 0) is 19.3 Å². The molecule has 1 saturated heterocycles. The molecule has 1 aliphatic heterocycles. The maximum absolute atomic E-state index is 11.1. The zero-order chi connectivity index (χ0) is 11.8. The molecular formula is C12H21NO3. The van der Waals surface area contributed by atoms with Crippen LogP contribution in [0.5, 0.6) is 0 Å². The van der Waals surface area contributed by atoms with Crippen LogP contribution in [0.1, 0.15) is 51.4 Å². The average molecular weight is 227 g/mol. The lowest BCUT2D eigenvalue weighted by Crippen LogP contribution is -2.09. The van der Waals surface area contributed by atoms with Gasteiger partial charge in [0.15, 0.2) is 0 Å². The van der Waals surface area contributed by atoms with Crippen molar-refractivity contribution in [1.29, 1.82) is 0 Å². The molecule has 0 aliphatic carbocycles. The molecule has 1 atom stereocenters. The van der Waals surface area contributed by atoms with Crippen LogP contribution in [0.2, 0.25) is 0 Å². The van der Waals surface area contributed by atoms with Crippen LogP contribution in [0, 0.1) is 5.92 Å². The molecule has 0 unspecified atom stereocenters. The molecule has 1 amide bonds. The number of esters is 1. The molecule has 0 aromatic rings. The minimum atomic E-state index is -0.214. The van der Waals surface area contributed by atoms with Crippen LogP contribution in [0.3, 0.4) is 0 Å². The van der Waals surface area contributed by atoms with Crippen molar-refractivity contribution in [3.63, 3.8) is 0 Å². The summed E-state index contributed by atoms with van der Waals surface area (Å²) in [5, 5.41) is 0. The first-order chi connectivity index (χ1) is 7.70. The summed E-state index contributed by atoms with van der Waals surface area (Å²) in [5.74, 6) is -0.0898. The van der Waals surface area contributed by atoms with E-state index < -0.39 is 0 Å². The molecule has 4 nitrogen and oxygen atoms in total. The van der Waals surface area contributed by atoms with Gasteiger partial charge in [0.05, 0.1) is 12.5 Å². The number of ether oxygens (including phenoxy) is 1. The molecule has 1 rings (SSSR count). The summed E-state index contributed by atoms with van der Waals surface area (Å²) in [6.45, 7) is 0.599. The van der Waals surface area contributed by atoms with Crippen molar-refractivity contribution in [2.45, 2.75) is 51.4 Å². The summed E-state index contributed by atoms with van der Waals surface area (Å²) in [4.78, 5) is 21.6. The van der Waals surface area contributed by atoms with E-state index in [1.165, 1.54) is 0 Å². The minimum absolute atomic E-state index is 0.0197. The normalized spacial score (nSPS) is 19.8. The molecule has 0 spiro atoms. The van der Waals surface area contributed by atoms with E-state index in [2.05, 4.69) is 0 Å². The molecule has 1 aliphatic rings. The molecule has 4 heteroatoms. The van der Waals surface area contributed by atoms with Gasteiger partial charge in [-0.2, -0.15) is 0 Å². The van der Waals surface area contributed by atoms with Crippen LogP contribution in [0.15, 0.2) is 0 Å². The van der Waals surface area contributed by atoms with Crippen LogP contribution in [-0.2, 0) is 14.3 Å². The first kappa shape index (κ1) is 13.0. The van der Waals surface area contributed by atoms with E-state index in [0.717, 1.165) is 44.9 Å². The Hall–Kier alpha value is -1.06.